The highest BCUT2D eigenvalue weighted by Crippen LogP contribution is 2.21. The summed E-state index contributed by atoms with van der Waals surface area (Å²) in [4.78, 5) is 1.94. The molecule has 5 nitrogen and oxygen atoms in total. The first-order chi connectivity index (χ1) is 12.0. The van der Waals surface area contributed by atoms with Crippen LogP contribution in [0.15, 0.2) is 53.4 Å². The van der Waals surface area contributed by atoms with Crippen molar-refractivity contribution in [3.63, 3.8) is 0 Å². The van der Waals surface area contributed by atoms with Crippen LogP contribution < -0.4 is 4.74 Å². The summed E-state index contributed by atoms with van der Waals surface area (Å²) in [7, 11) is -2.15. The molecule has 0 amide bonds. The molecule has 0 aromatic heterocycles. The van der Waals surface area contributed by atoms with Gasteiger partial charge in [0.2, 0.25) is 10.0 Å². The van der Waals surface area contributed by atoms with E-state index in [0.29, 0.717) is 26.2 Å². The van der Waals surface area contributed by atoms with Gasteiger partial charge in [0.15, 0.2) is 0 Å². The van der Waals surface area contributed by atoms with Crippen LogP contribution in [0.5, 0.6) is 5.75 Å². The normalized spacial score (nSPS) is 16.7. The lowest BCUT2D eigenvalue weighted by Crippen LogP contribution is -2.48. The smallest absolute Gasteiger partial charge is 0.246 e. The Balaban J connectivity index is 1.62. The standard InChI is InChI=1S/C18H21FN2O3S/c1-24-16-8-6-15(7-9-16)14-20-10-12-21(13-11-20)25(22,23)18-5-3-2-4-17(18)19/h2-9H,10-14H2,1H3. The number of methoxy groups -OCH3 is 1. The van der Waals surface area contributed by atoms with E-state index in [1.54, 1.807) is 7.11 Å². The lowest BCUT2D eigenvalue weighted by atomic mass is 10.2. The first-order valence-electron chi connectivity index (χ1n) is 8.10. The number of nitrogens with zero attached hydrogens (tertiary/aromatic N) is 2. The van der Waals surface area contributed by atoms with Gasteiger partial charge in [-0.25, -0.2) is 12.8 Å². The van der Waals surface area contributed by atoms with Gasteiger partial charge in [-0.3, -0.25) is 4.90 Å². The van der Waals surface area contributed by atoms with Crippen molar-refractivity contribution in [2.45, 2.75) is 11.4 Å². The fourth-order valence-electron chi connectivity index (χ4n) is 2.91. The molecule has 134 valence electrons. The van der Waals surface area contributed by atoms with E-state index in [2.05, 4.69) is 4.90 Å². The molecule has 7 heteroatoms. The van der Waals surface area contributed by atoms with E-state index in [1.807, 2.05) is 24.3 Å². The molecule has 0 aliphatic carbocycles. The number of halogens is 1. The fourth-order valence-corrected chi connectivity index (χ4v) is 4.40. The van der Waals surface area contributed by atoms with Crippen molar-refractivity contribution in [3.05, 3.63) is 59.9 Å². The van der Waals surface area contributed by atoms with Gasteiger partial charge in [-0.1, -0.05) is 24.3 Å². The van der Waals surface area contributed by atoms with Crippen LogP contribution in [0.3, 0.4) is 0 Å². The zero-order valence-corrected chi connectivity index (χ0v) is 14.9. The maximum Gasteiger partial charge on any atom is 0.246 e. The molecule has 1 saturated heterocycles. The summed E-state index contributed by atoms with van der Waals surface area (Å²) < 4.78 is 45.5. The number of hydrogen-bond donors (Lipinski definition) is 0. The molecule has 1 heterocycles. The number of rotatable bonds is 5. The maximum atomic E-state index is 13.8. The number of ether oxygens (including phenoxy) is 1. The van der Waals surface area contributed by atoms with Crippen LogP contribution in [-0.4, -0.2) is 50.9 Å². The van der Waals surface area contributed by atoms with E-state index in [-0.39, 0.29) is 4.90 Å². The summed E-state index contributed by atoms with van der Waals surface area (Å²) >= 11 is 0. The van der Waals surface area contributed by atoms with E-state index in [1.165, 1.54) is 28.6 Å². The second-order valence-electron chi connectivity index (χ2n) is 5.96. The first-order valence-corrected chi connectivity index (χ1v) is 9.54. The Labute approximate surface area is 147 Å². The van der Waals surface area contributed by atoms with Crippen molar-refractivity contribution in [3.8, 4) is 5.75 Å². The second kappa shape index (κ2) is 7.51. The molecule has 1 aliphatic heterocycles. The Kier molecular flexibility index (Phi) is 5.36. The van der Waals surface area contributed by atoms with Crippen molar-refractivity contribution < 1.29 is 17.5 Å². The van der Waals surface area contributed by atoms with E-state index >= 15 is 0 Å². The zero-order chi connectivity index (χ0) is 17.9. The van der Waals surface area contributed by atoms with Crippen molar-refractivity contribution in [2.24, 2.45) is 0 Å². The van der Waals surface area contributed by atoms with Gasteiger partial charge >= 0.3 is 0 Å². The van der Waals surface area contributed by atoms with E-state index in [9.17, 15) is 12.8 Å². The van der Waals surface area contributed by atoms with Crippen LogP contribution in [0.2, 0.25) is 0 Å². The summed E-state index contributed by atoms with van der Waals surface area (Å²) in [5.74, 6) is 0.104. The van der Waals surface area contributed by atoms with Gasteiger partial charge in [0.25, 0.3) is 0 Å². The Bertz CT molecular complexity index is 816. The molecule has 0 unspecified atom stereocenters. The van der Waals surface area contributed by atoms with E-state index in [4.69, 9.17) is 4.74 Å². The summed E-state index contributed by atoms with van der Waals surface area (Å²) in [6.45, 7) is 2.68. The van der Waals surface area contributed by atoms with Crippen molar-refractivity contribution in [2.75, 3.05) is 33.3 Å². The third kappa shape index (κ3) is 4.00. The minimum Gasteiger partial charge on any atom is -0.497 e. The SMILES string of the molecule is COc1ccc(CN2CCN(S(=O)(=O)c3ccccc3F)CC2)cc1. The molecular weight excluding hydrogens is 343 g/mol. The zero-order valence-electron chi connectivity index (χ0n) is 14.1. The quantitative estimate of drug-likeness (QED) is 0.817. The average molecular weight is 364 g/mol. The van der Waals surface area contributed by atoms with Crippen LogP contribution in [0.25, 0.3) is 0 Å². The number of sulfonamides is 1. The Morgan fingerprint density at radius 1 is 1.00 bits per heavy atom. The number of benzene rings is 2. The van der Waals surface area contributed by atoms with E-state index < -0.39 is 15.8 Å². The largest absolute Gasteiger partial charge is 0.497 e. The molecular formula is C18H21FN2O3S. The Morgan fingerprint density at radius 3 is 2.24 bits per heavy atom. The van der Waals surface area contributed by atoms with Gasteiger partial charge in [0.1, 0.15) is 16.5 Å². The van der Waals surface area contributed by atoms with Crippen LogP contribution in [0.1, 0.15) is 5.56 Å². The van der Waals surface area contributed by atoms with Crippen molar-refractivity contribution in [1.29, 1.82) is 0 Å². The van der Waals surface area contributed by atoms with Gasteiger partial charge in [-0.2, -0.15) is 4.31 Å². The fraction of sp³-hybridized carbons (Fsp3) is 0.333. The third-order valence-corrected chi connectivity index (χ3v) is 6.28. The molecule has 0 saturated carbocycles. The van der Waals surface area contributed by atoms with Gasteiger partial charge in [-0.05, 0) is 29.8 Å². The topological polar surface area (TPSA) is 49.9 Å². The van der Waals surface area contributed by atoms with Gasteiger partial charge < -0.3 is 4.74 Å². The van der Waals surface area contributed by atoms with Gasteiger partial charge in [0, 0.05) is 32.7 Å². The van der Waals surface area contributed by atoms with E-state index in [0.717, 1.165) is 17.9 Å². The summed E-state index contributed by atoms with van der Waals surface area (Å²) in [5.41, 5.74) is 1.14. The van der Waals surface area contributed by atoms with Gasteiger partial charge in [-0.15, -0.1) is 0 Å². The summed E-state index contributed by atoms with van der Waals surface area (Å²) in [6.07, 6.45) is 0. The third-order valence-electron chi connectivity index (χ3n) is 4.35. The molecule has 0 bridgehead atoms. The number of hydrogen-bond acceptors (Lipinski definition) is 4. The molecule has 25 heavy (non-hydrogen) atoms. The Hall–Kier alpha value is -1.96. The van der Waals surface area contributed by atoms with Crippen molar-refractivity contribution >= 4 is 10.0 Å². The van der Waals surface area contributed by atoms with Crippen LogP contribution in [-0.2, 0) is 16.6 Å². The molecule has 0 N–H and O–H groups in total. The molecule has 0 spiro atoms. The predicted octanol–water partition coefficient (Wildman–Crippen LogP) is 2.34. The number of piperazine rings is 1. The second-order valence-corrected chi connectivity index (χ2v) is 7.87. The Morgan fingerprint density at radius 2 is 1.64 bits per heavy atom. The van der Waals surface area contributed by atoms with Crippen molar-refractivity contribution in [1.82, 2.24) is 9.21 Å². The first kappa shape index (κ1) is 17.8. The lowest BCUT2D eigenvalue weighted by Gasteiger charge is -2.34. The molecule has 3 rings (SSSR count). The molecule has 1 fully saturated rings. The average Bonchev–Trinajstić information content (AvgIpc) is 2.63. The highest BCUT2D eigenvalue weighted by Gasteiger charge is 2.30. The highest BCUT2D eigenvalue weighted by molar-refractivity contribution is 7.89. The lowest BCUT2D eigenvalue weighted by molar-refractivity contribution is 0.181. The predicted molar refractivity (Wildman–Crippen MR) is 93.4 cm³/mol. The van der Waals surface area contributed by atoms with Crippen LogP contribution in [0, 0.1) is 5.82 Å². The molecule has 2 aromatic carbocycles. The minimum atomic E-state index is -3.78. The maximum absolute atomic E-state index is 13.8. The van der Waals surface area contributed by atoms with Crippen LogP contribution >= 0.6 is 0 Å². The van der Waals surface area contributed by atoms with Crippen LogP contribution in [0.4, 0.5) is 4.39 Å². The summed E-state index contributed by atoms with van der Waals surface area (Å²) in [6, 6.07) is 13.3. The minimum absolute atomic E-state index is 0.251. The van der Waals surface area contributed by atoms with Gasteiger partial charge in [0.05, 0.1) is 7.11 Å². The highest BCUT2D eigenvalue weighted by atomic mass is 32.2. The molecule has 0 atom stereocenters. The molecule has 2 aromatic rings. The molecule has 1 aliphatic rings. The summed E-state index contributed by atoms with van der Waals surface area (Å²) in [5, 5.41) is 0. The molecule has 0 radical (unpaired) electrons. The monoisotopic (exact) mass is 364 g/mol.